The molecule has 3 heterocycles. The van der Waals surface area contributed by atoms with Gasteiger partial charge in [-0.15, -0.1) is 11.3 Å². The summed E-state index contributed by atoms with van der Waals surface area (Å²) in [4.78, 5) is 21.6. The molecule has 2 N–H and O–H groups in total. The molecule has 1 aliphatic heterocycles. The quantitative estimate of drug-likeness (QED) is 0.763. The molecule has 1 aliphatic rings. The SMILES string of the molecule is O=C(Nc1ccc2c(c1)CCNC2)c1ncnc2sccc12. The molecule has 3 aromatic rings. The van der Waals surface area contributed by atoms with Crippen LogP contribution in [0.4, 0.5) is 5.69 Å². The molecule has 0 atom stereocenters. The molecule has 6 heteroatoms. The molecule has 110 valence electrons. The highest BCUT2D eigenvalue weighted by Gasteiger charge is 2.15. The zero-order valence-electron chi connectivity index (χ0n) is 11.8. The van der Waals surface area contributed by atoms with E-state index < -0.39 is 0 Å². The number of hydrogen-bond acceptors (Lipinski definition) is 5. The van der Waals surface area contributed by atoms with Crippen molar-refractivity contribution >= 4 is 33.1 Å². The molecule has 0 bridgehead atoms. The normalized spacial score (nSPS) is 13.8. The highest BCUT2D eigenvalue weighted by atomic mass is 32.1. The first-order valence-electron chi connectivity index (χ1n) is 7.13. The summed E-state index contributed by atoms with van der Waals surface area (Å²) in [5.74, 6) is -0.195. The van der Waals surface area contributed by atoms with E-state index in [4.69, 9.17) is 0 Å². The Balaban J connectivity index is 1.63. The topological polar surface area (TPSA) is 66.9 Å². The van der Waals surface area contributed by atoms with Crippen LogP contribution in [-0.4, -0.2) is 22.4 Å². The summed E-state index contributed by atoms with van der Waals surface area (Å²) in [6, 6.07) is 7.94. The van der Waals surface area contributed by atoms with Crippen LogP contribution in [0, 0.1) is 0 Å². The number of anilines is 1. The van der Waals surface area contributed by atoms with Gasteiger partial charge in [-0.1, -0.05) is 6.07 Å². The molecule has 22 heavy (non-hydrogen) atoms. The Morgan fingerprint density at radius 1 is 1.23 bits per heavy atom. The molecule has 0 fully saturated rings. The Kier molecular flexibility index (Phi) is 3.32. The fourth-order valence-electron chi connectivity index (χ4n) is 2.72. The van der Waals surface area contributed by atoms with Gasteiger partial charge in [-0.25, -0.2) is 9.97 Å². The number of carbonyl (C=O) groups excluding carboxylic acids is 1. The van der Waals surface area contributed by atoms with E-state index in [-0.39, 0.29) is 5.91 Å². The van der Waals surface area contributed by atoms with Crippen LogP contribution < -0.4 is 10.6 Å². The maximum atomic E-state index is 12.5. The second kappa shape index (κ2) is 5.47. The van der Waals surface area contributed by atoms with E-state index >= 15 is 0 Å². The summed E-state index contributed by atoms with van der Waals surface area (Å²) in [5.41, 5.74) is 3.82. The van der Waals surface area contributed by atoms with Crippen LogP contribution in [0.25, 0.3) is 10.2 Å². The Labute approximate surface area is 131 Å². The van der Waals surface area contributed by atoms with E-state index in [1.807, 2.05) is 17.5 Å². The third-order valence-corrected chi connectivity index (χ3v) is 4.65. The third kappa shape index (κ3) is 2.36. The molecule has 2 aromatic heterocycles. The fourth-order valence-corrected chi connectivity index (χ4v) is 3.45. The summed E-state index contributed by atoms with van der Waals surface area (Å²) in [7, 11) is 0. The van der Waals surface area contributed by atoms with E-state index in [1.165, 1.54) is 28.8 Å². The lowest BCUT2D eigenvalue weighted by Gasteiger charge is -2.18. The zero-order chi connectivity index (χ0) is 14.9. The number of carbonyl (C=O) groups is 1. The number of aromatic nitrogens is 2. The third-order valence-electron chi connectivity index (χ3n) is 3.83. The Morgan fingerprint density at radius 2 is 2.18 bits per heavy atom. The van der Waals surface area contributed by atoms with Gasteiger partial charge in [0.1, 0.15) is 16.9 Å². The molecular formula is C16H14N4OS. The standard InChI is InChI=1S/C16H14N4OS/c21-15(14-13-4-6-22-16(13)19-9-18-14)20-12-2-1-11-8-17-5-3-10(11)7-12/h1-2,4,6-7,9,17H,3,5,8H2,(H,20,21). The molecule has 5 nitrogen and oxygen atoms in total. The lowest BCUT2D eigenvalue weighted by Crippen LogP contribution is -2.23. The maximum Gasteiger partial charge on any atom is 0.275 e. The molecule has 1 amide bonds. The van der Waals surface area contributed by atoms with Crippen molar-refractivity contribution in [3.63, 3.8) is 0 Å². The lowest BCUT2D eigenvalue weighted by molar-refractivity contribution is 0.102. The van der Waals surface area contributed by atoms with Gasteiger partial charge >= 0.3 is 0 Å². The summed E-state index contributed by atoms with van der Waals surface area (Å²) < 4.78 is 0. The van der Waals surface area contributed by atoms with Gasteiger partial charge in [0.15, 0.2) is 0 Å². The average Bonchev–Trinajstić information content (AvgIpc) is 3.03. The number of amides is 1. The van der Waals surface area contributed by atoms with Crippen LogP contribution >= 0.6 is 11.3 Å². The smallest absolute Gasteiger partial charge is 0.275 e. The Bertz CT molecular complexity index is 858. The number of fused-ring (bicyclic) bond motifs is 2. The van der Waals surface area contributed by atoms with Crippen LogP contribution in [0.1, 0.15) is 21.6 Å². The van der Waals surface area contributed by atoms with Crippen molar-refractivity contribution in [2.24, 2.45) is 0 Å². The van der Waals surface area contributed by atoms with E-state index in [2.05, 4.69) is 32.7 Å². The lowest BCUT2D eigenvalue weighted by atomic mass is 10.0. The van der Waals surface area contributed by atoms with E-state index in [9.17, 15) is 4.79 Å². The Morgan fingerprint density at radius 3 is 3.14 bits per heavy atom. The number of nitrogens with one attached hydrogen (secondary N) is 2. The minimum Gasteiger partial charge on any atom is -0.321 e. The number of nitrogens with zero attached hydrogens (tertiary/aromatic N) is 2. The number of benzene rings is 1. The molecule has 0 spiro atoms. The number of rotatable bonds is 2. The van der Waals surface area contributed by atoms with Crippen LogP contribution in [0.5, 0.6) is 0 Å². The van der Waals surface area contributed by atoms with Crippen LogP contribution in [0.3, 0.4) is 0 Å². The first-order chi connectivity index (χ1) is 10.8. The van der Waals surface area contributed by atoms with Crippen LogP contribution in [0.15, 0.2) is 36.0 Å². The van der Waals surface area contributed by atoms with Gasteiger partial charge in [-0.3, -0.25) is 4.79 Å². The molecule has 1 aromatic carbocycles. The van der Waals surface area contributed by atoms with Crippen LogP contribution in [-0.2, 0) is 13.0 Å². The van der Waals surface area contributed by atoms with Gasteiger partial charge in [0.2, 0.25) is 0 Å². The number of hydrogen-bond donors (Lipinski definition) is 2. The van der Waals surface area contributed by atoms with E-state index in [1.54, 1.807) is 0 Å². The fraction of sp³-hybridized carbons (Fsp3) is 0.188. The summed E-state index contributed by atoms with van der Waals surface area (Å²) in [6.45, 7) is 1.87. The van der Waals surface area contributed by atoms with Crippen LogP contribution in [0.2, 0.25) is 0 Å². The van der Waals surface area contributed by atoms with Gasteiger partial charge in [-0.2, -0.15) is 0 Å². The van der Waals surface area contributed by atoms with Crippen molar-refractivity contribution in [1.29, 1.82) is 0 Å². The average molecular weight is 310 g/mol. The second-order valence-corrected chi connectivity index (χ2v) is 6.12. The molecule has 0 aliphatic carbocycles. The molecule has 0 unspecified atom stereocenters. The minimum absolute atomic E-state index is 0.195. The molecule has 4 rings (SSSR count). The van der Waals surface area contributed by atoms with Gasteiger partial charge in [0.05, 0.1) is 0 Å². The van der Waals surface area contributed by atoms with Crippen molar-refractivity contribution in [1.82, 2.24) is 15.3 Å². The van der Waals surface area contributed by atoms with Crippen molar-refractivity contribution in [2.45, 2.75) is 13.0 Å². The molecule has 0 radical (unpaired) electrons. The predicted octanol–water partition coefficient (Wildman–Crippen LogP) is 2.59. The zero-order valence-corrected chi connectivity index (χ0v) is 12.6. The molecular weight excluding hydrogens is 296 g/mol. The first-order valence-corrected chi connectivity index (χ1v) is 8.01. The van der Waals surface area contributed by atoms with Gasteiger partial charge in [0, 0.05) is 17.6 Å². The van der Waals surface area contributed by atoms with Crippen molar-refractivity contribution in [3.8, 4) is 0 Å². The molecule has 0 saturated carbocycles. The summed E-state index contributed by atoms with van der Waals surface area (Å²) in [5, 5.41) is 9.00. The predicted molar refractivity (Wildman–Crippen MR) is 87.2 cm³/mol. The largest absolute Gasteiger partial charge is 0.321 e. The van der Waals surface area contributed by atoms with Gasteiger partial charge < -0.3 is 10.6 Å². The Hall–Kier alpha value is -2.31. The highest BCUT2D eigenvalue weighted by molar-refractivity contribution is 7.16. The highest BCUT2D eigenvalue weighted by Crippen LogP contribution is 2.22. The summed E-state index contributed by atoms with van der Waals surface area (Å²) in [6.07, 6.45) is 2.42. The van der Waals surface area contributed by atoms with Gasteiger partial charge in [0.25, 0.3) is 5.91 Å². The number of thiophene rings is 1. The maximum absolute atomic E-state index is 12.5. The van der Waals surface area contributed by atoms with E-state index in [0.717, 1.165) is 35.4 Å². The van der Waals surface area contributed by atoms with Crippen molar-refractivity contribution in [2.75, 3.05) is 11.9 Å². The van der Waals surface area contributed by atoms with E-state index in [0.29, 0.717) is 5.69 Å². The minimum atomic E-state index is -0.195. The molecule has 0 saturated heterocycles. The summed E-state index contributed by atoms with van der Waals surface area (Å²) >= 11 is 1.51. The van der Waals surface area contributed by atoms with Gasteiger partial charge in [-0.05, 0) is 47.7 Å². The van der Waals surface area contributed by atoms with Crippen molar-refractivity contribution in [3.05, 3.63) is 52.8 Å². The monoisotopic (exact) mass is 310 g/mol. The first kappa shape index (κ1) is 13.4. The second-order valence-electron chi connectivity index (χ2n) is 5.23. The van der Waals surface area contributed by atoms with Crippen molar-refractivity contribution < 1.29 is 4.79 Å².